The lowest BCUT2D eigenvalue weighted by molar-refractivity contribution is 0.787. The van der Waals surface area contributed by atoms with Crippen LogP contribution in [0.4, 0.5) is 11.9 Å². The van der Waals surface area contributed by atoms with E-state index >= 15 is 0 Å². The Balaban J connectivity index is 2.05. The molecule has 0 aliphatic heterocycles. The lowest BCUT2D eigenvalue weighted by Crippen LogP contribution is -2.23. The number of nitrogens with one attached hydrogen (secondary N) is 1. The largest absolute Gasteiger partial charge is 0.368 e. The van der Waals surface area contributed by atoms with Gasteiger partial charge in [0.15, 0.2) is 0 Å². The van der Waals surface area contributed by atoms with E-state index in [2.05, 4.69) is 33.9 Å². The fourth-order valence-electron chi connectivity index (χ4n) is 2.15. The van der Waals surface area contributed by atoms with Crippen LogP contribution in [0.3, 0.4) is 0 Å². The fourth-order valence-corrected chi connectivity index (χ4v) is 2.15. The number of nitrogens with two attached hydrogens (primary N) is 1. The molecule has 104 valence electrons. The van der Waals surface area contributed by atoms with Crippen molar-refractivity contribution in [2.24, 2.45) is 0 Å². The summed E-state index contributed by atoms with van der Waals surface area (Å²) in [6, 6.07) is 7.80. The first-order valence-corrected chi connectivity index (χ1v) is 6.65. The van der Waals surface area contributed by atoms with E-state index in [1.807, 2.05) is 29.2 Å². The second kappa shape index (κ2) is 4.84. The van der Waals surface area contributed by atoms with Crippen LogP contribution in [-0.4, -0.2) is 37.8 Å². The molecule has 3 aromatic rings. The van der Waals surface area contributed by atoms with Crippen molar-refractivity contribution in [1.82, 2.24) is 24.7 Å². The van der Waals surface area contributed by atoms with E-state index in [4.69, 9.17) is 5.73 Å². The summed E-state index contributed by atoms with van der Waals surface area (Å²) in [5, 5.41) is 4.43. The number of para-hydroxylation sites is 2. The van der Waals surface area contributed by atoms with Gasteiger partial charge in [0.1, 0.15) is 0 Å². The minimum atomic E-state index is 0.325. The molecule has 3 rings (SSSR count). The van der Waals surface area contributed by atoms with Gasteiger partial charge in [-0.2, -0.15) is 9.67 Å². The minimum absolute atomic E-state index is 0.325. The van der Waals surface area contributed by atoms with Crippen LogP contribution >= 0.6 is 0 Å². The molecule has 0 radical (unpaired) electrons. The van der Waals surface area contributed by atoms with Gasteiger partial charge in [-0.05, 0) is 26.0 Å². The molecule has 20 heavy (non-hydrogen) atoms. The van der Waals surface area contributed by atoms with E-state index in [1.165, 1.54) is 4.68 Å². The van der Waals surface area contributed by atoms with Crippen molar-refractivity contribution >= 4 is 22.9 Å². The van der Waals surface area contributed by atoms with Crippen molar-refractivity contribution in [3.8, 4) is 5.95 Å². The number of fused-ring (bicyclic) bond motifs is 1. The number of anilines is 2. The Kier molecular flexibility index (Phi) is 3.02. The standard InChI is InChI=1S/C13H17N7/c1-3-19(4-2)13-17-11(14)20(18-13)12-15-9-7-5-6-8-10(9)16-12/h5-8H,3-4H2,1-2H3,(H,15,16)(H2,14,17,18). The molecule has 2 heterocycles. The van der Waals surface area contributed by atoms with Crippen LogP contribution < -0.4 is 10.6 Å². The van der Waals surface area contributed by atoms with Crippen molar-refractivity contribution in [1.29, 1.82) is 0 Å². The number of nitrogens with zero attached hydrogens (tertiary/aromatic N) is 5. The summed E-state index contributed by atoms with van der Waals surface area (Å²) in [4.78, 5) is 14.0. The Morgan fingerprint density at radius 3 is 2.65 bits per heavy atom. The zero-order valence-electron chi connectivity index (χ0n) is 11.5. The lowest BCUT2D eigenvalue weighted by Gasteiger charge is -2.14. The van der Waals surface area contributed by atoms with E-state index in [-0.39, 0.29) is 0 Å². The summed E-state index contributed by atoms with van der Waals surface area (Å²) in [6.07, 6.45) is 0. The molecule has 0 saturated heterocycles. The first-order valence-electron chi connectivity index (χ1n) is 6.65. The van der Waals surface area contributed by atoms with Gasteiger partial charge in [-0.25, -0.2) is 4.98 Å². The first-order chi connectivity index (χ1) is 9.72. The molecular weight excluding hydrogens is 254 g/mol. The number of aromatic amines is 1. The van der Waals surface area contributed by atoms with Gasteiger partial charge in [-0.1, -0.05) is 12.1 Å². The summed E-state index contributed by atoms with van der Waals surface area (Å²) in [5.41, 5.74) is 7.77. The molecule has 0 bridgehead atoms. The highest BCUT2D eigenvalue weighted by molar-refractivity contribution is 5.76. The highest BCUT2D eigenvalue weighted by Gasteiger charge is 2.15. The molecule has 0 unspecified atom stereocenters. The summed E-state index contributed by atoms with van der Waals surface area (Å²) in [6.45, 7) is 5.78. The second-order valence-electron chi connectivity index (χ2n) is 4.43. The van der Waals surface area contributed by atoms with Crippen molar-refractivity contribution in [3.63, 3.8) is 0 Å². The number of nitrogen functional groups attached to an aromatic ring is 1. The Bertz CT molecular complexity index is 690. The maximum absolute atomic E-state index is 5.95. The molecule has 0 atom stereocenters. The topological polar surface area (TPSA) is 88.7 Å². The molecule has 0 aliphatic rings. The van der Waals surface area contributed by atoms with E-state index in [0.717, 1.165) is 24.1 Å². The van der Waals surface area contributed by atoms with Gasteiger partial charge in [0.25, 0.3) is 0 Å². The van der Waals surface area contributed by atoms with E-state index in [9.17, 15) is 0 Å². The molecule has 0 aliphatic carbocycles. The SMILES string of the molecule is CCN(CC)c1nc(N)n(-c2nc3ccccc3[nH]2)n1. The smallest absolute Gasteiger partial charge is 0.247 e. The van der Waals surface area contributed by atoms with Gasteiger partial charge in [0, 0.05) is 13.1 Å². The summed E-state index contributed by atoms with van der Waals surface area (Å²) >= 11 is 0. The fraction of sp³-hybridized carbons (Fsp3) is 0.308. The van der Waals surface area contributed by atoms with Gasteiger partial charge >= 0.3 is 0 Å². The quantitative estimate of drug-likeness (QED) is 0.752. The molecule has 7 nitrogen and oxygen atoms in total. The third-order valence-corrected chi connectivity index (χ3v) is 3.24. The average Bonchev–Trinajstić information content (AvgIpc) is 3.03. The van der Waals surface area contributed by atoms with Crippen LogP contribution in [0.5, 0.6) is 0 Å². The third kappa shape index (κ3) is 1.97. The van der Waals surface area contributed by atoms with Crippen LogP contribution in [0.25, 0.3) is 17.0 Å². The average molecular weight is 271 g/mol. The van der Waals surface area contributed by atoms with E-state index in [1.54, 1.807) is 0 Å². The molecular formula is C13H17N7. The third-order valence-electron chi connectivity index (χ3n) is 3.24. The van der Waals surface area contributed by atoms with Gasteiger partial charge in [0.2, 0.25) is 17.8 Å². The minimum Gasteiger partial charge on any atom is -0.368 e. The first kappa shape index (κ1) is 12.5. The van der Waals surface area contributed by atoms with Crippen LogP contribution in [0.1, 0.15) is 13.8 Å². The maximum atomic E-state index is 5.95. The molecule has 0 fully saturated rings. The number of H-pyrrole nitrogens is 1. The van der Waals surface area contributed by atoms with Crippen molar-refractivity contribution in [2.75, 3.05) is 23.7 Å². The molecule has 7 heteroatoms. The molecule has 3 N–H and O–H groups in total. The second-order valence-corrected chi connectivity index (χ2v) is 4.43. The zero-order valence-corrected chi connectivity index (χ0v) is 11.5. The summed E-state index contributed by atoms with van der Waals surface area (Å²) in [7, 11) is 0. The highest BCUT2D eigenvalue weighted by atomic mass is 15.5. The lowest BCUT2D eigenvalue weighted by atomic mass is 10.3. The van der Waals surface area contributed by atoms with Crippen LogP contribution in [0.2, 0.25) is 0 Å². The number of benzene rings is 1. The van der Waals surface area contributed by atoms with Crippen molar-refractivity contribution in [3.05, 3.63) is 24.3 Å². The van der Waals surface area contributed by atoms with E-state index in [0.29, 0.717) is 17.8 Å². The number of hydrogen-bond donors (Lipinski definition) is 2. The Hall–Kier alpha value is -2.57. The van der Waals surface area contributed by atoms with Gasteiger partial charge in [0.05, 0.1) is 11.0 Å². The van der Waals surface area contributed by atoms with Gasteiger partial charge in [-0.15, -0.1) is 5.10 Å². The monoisotopic (exact) mass is 271 g/mol. The summed E-state index contributed by atoms with van der Waals surface area (Å²) < 4.78 is 1.54. The van der Waals surface area contributed by atoms with Crippen molar-refractivity contribution < 1.29 is 0 Å². The number of rotatable bonds is 4. The Morgan fingerprint density at radius 2 is 1.95 bits per heavy atom. The maximum Gasteiger partial charge on any atom is 0.247 e. The molecule has 0 amide bonds. The normalized spacial score (nSPS) is 11.1. The van der Waals surface area contributed by atoms with Gasteiger partial charge < -0.3 is 15.6 Å². The molecule has 0 spiro atoms. The Labute approximate surface area is 116 Å². The summed E-state index contributed by atoms with van der Waals surface area (Å²) in [5.74, 6) is 1.52. The van der Waals surface area contributed by atoms with Crippen molar-refractivity contribution in [2.45, 2.75) is 13.8 Å². The predicted octanol–water partition coefficient (Wildman–Crippen LogP) is 1.57. The predicted molar refractivity (Wildman–Crippen MR) is 79.0 cm³/mol. The van der Waals surface area contributed by atoms with E-state index < -0.39 is 0 Å². The number of imidazole rings is 1. The number of hydrogen-bond acceptors (Lipinski definition) is 5. The zero-order chi connectivity index (χ0) is 14.1. The van der Waals surface area contributed by atoms with Crippen LogP contribution in [0, 0.1) is 0 Å². The van der Waals surface area contributed by atoms with Crippen LogP contribution in [0.15, 0.2) is 24.3 Å². The van der Waals surface area contributed by atoms with Crippen LogP contribution in [-0.2, 0) is 0 Å². The molecule has 1 aromatic carbocycles. The molecule has 2 aromatic heterocycles. The number of aromatic nitrogens is 5. The Morgan fingerprint density at radius 1 is 1.20 bits per heavy atom. The van der Waals surface area contributed by atoms with Gasteiger partial charge in [-0.3, -0.25) is 0 Å². The molecule has 0 saturated carbocycles. The highest BCUT2D eigenvalue weighted by Crippen LogP contribution is 2.17.